The molecular formula is H4N2O2S4. The Morgan fingerprint density at radius 1 is 0.875 bits per heavy atom. The first-order chi connectivity index (χ1) is 3.91. The molecule has 8 heavy (non-hydrogen) atoms. The minimum absolute atomic E-state index is 1.05. The fourth-order valence-corrected chi connectivity index (χ4v) is 2.70. The van der Waals surface area contributed by atoms with Crippen LogP contribution < -0.4 is 11.8 Å². The third-order valence-corrected chi connectivity index (χ3v) is 4.46. The topological polar surface area (TPSA) is 70.5 Å². The van der Waals surface area contributed by atoms with Gasteiger partial charge < -0.3 is 0 Å². The summed E-state index contributed by atoms with van der Waals surface area (Å²) in [5, 5.41) is 0. The first-order valence-corrected chi connectivity index (χ1v) is 5.97. The van der Waals surface area contributed by atoms with Gasteiger partial charge in [0.1, 0.15) is 0 Å². The predicted octanol–water partition coefficient (Wildman–Crippen LogP) is 1.27. The van der Waals surface area contributed by atoms with Crippen LogP contribution in [0.3, 0.4) is 0 Å². The van der Waals surface area contributed by atoms with Gasteiger partial charge in [0.2, 0.25) is 0 Å². The van der Waals surface area contributed by atoms with Crippen LogP contribution in [0.1, 0.15) is 0 Å². The summed E-state index contributed by atoms with van der Waals surface area (Å²) in [7, 11) is 2.64. The number of hydrogen-bond donors (Lipinski definition) is 2. The van der Waals surface area contributed by atoms with Gasteiger partial charge >= 0.3 is 0 Å². The van der Waals surface area contributed by atoms with Crippen molar-refractivity contribution in [2.75, 3.05) is 0 Å². The monoisotopic (exact) mass is 192 g/mol. The van der Waals surface area contributed by atoms with Crippen molar-refractivity contribution in [3.63, 3.8) is 0 Å². The zero-order valence-electron chi connectivity index (χ0n) is 3.60. The summed E-state index contributed by atoms with van der Waals surface area (Å²) in [6, 6.07) is 0. The van der Waals surface area contributed by atoms with E-state index in [-0.39, 0.29) is 0 Å². The van der Waals surface area contributed by atoms with E-state index in [0.717, 1.165) is 22.1 Å². The highest BCUT2D eigenvalue weighted by atomic mass is 33.7. The van der Waals surface area contributed by atoms with E-state index in [1.807, 2.05) is 0 Å². The Kier molecular flexibility index (Phi) is 9.52. The first kappa shape index (κ1) is 9.24. The van der Waals surface area contributed by atoms with E-state index in [2.05, 4.69) is 20.4 Å². The smallest absolute Gasteiger partial charge is 0.0981 e. The summed E-state index contributed by atoms with van der Waals surface area (Å²) in [6.07, 6.45) is 0. The Bertz CT molecular complexity index is 37.0. The molecule has 0 amide bonds. The van der Waals surface area contributed by atoms with Gasteiger partial charge in [-0.05, 0) is 0 Å². The molecule has 0 radical (unpaired) electrons. The zero-order valence-corrected chi connectivity index (χ0v) is 6.87. The molecule has 0 aromatic heterocycles. The molecule has 0 aliphatic heterocycles. The Morgan fingerprint density at radius 2 is 1.25 bits per heavy atom. The van der Waals surface area contributed by atoms with E-state index in [1.54, 1.807) is 0 Å². The van der Waals surface area contributed by atoms with Gasteiger partial charge in [-0.3, -0.25) is 0 Å². The Morgan fingerprint density at radius 3 is 1.50 bits per heavy atom. The molecule has 4 nitrogen and oxygen atoms in total. The van der Waals surface area contributed by atoms with Crippen LogP contribution in [0.4, 0.5) is 0 Å². The lowest BCUT2D eigenvalue weighted by molar-refractivity contribution is 0.404. The van der Waals surface area contributed by atoms with Crippen LogP contribution >= 0.6 is 41.8 Å². The largest absolute Gasteiger partial charge is 0.222 e. The van der Waals surface area contributed by atoms with Crippen LogP contribution in [0.15, 0.2) is 0 Å². The van der Waals surface area contributed by atoms with Crippen molar-refractivity contribution in [1.82, 2.24) is 0 Å². The predicted molar refractivity (Wildman–Crippen MR) is 40.9 cm³/mol. The van der Waals surface area contributed by atoms with Crippen LogP contribution in [0.2, 0.25) is 0 Å². The van der Waals surface area contributed by atoms with Crippen molar-refractivity contribution in [2.24, 2.45) is 11.8 Å². The molecule has 0 bridgehead atoms. The quantitative estimate of drug-likeness (QED) is 0.292. The number of nitrogens with two attached hydrogens (primary N) is 2. The van der Waals surface area contributed by atoms with Gasteiger partial charge in [0.05, 0.1) is 22.1 Å². The molecule has 0 heterocycles. The summed E-state index contributed by atoms with van der Waals surface area (Å²) in [4.78, 5) is 0. The molecule has 0 aliphatic carbocycles. The van der Waals surface area contributed by atoms with Crippen molar-refractivity contribution >= 4 is 41.8 Å². The Labute approximate surface area is 62.3 Å². The molecule has 0 aliphatic rings. The van der Waals surface area contributed by atoms with Gasteiger partial charge in [0.15, 0.2) is 0 Å². The molecule has 0 spiro atoms. The summed E-state index contributed by atoms with van der Waals surface area (Å²) < 4.78 is 8.27. The maximum atomic E-state index is 4.66. The van der Waals surface area contributed by atoms with Crippen LogP contribution in [0, 0.1) is 0 Å². The van der Waals surface area contributed by atoms with Crippen molar-refractivity contribution in [2.45, 2.75) is 0 Å². The van der Waals surface area contributed by atoms with Gasteiger partial charge in [-0.1, -0.05) is 0 Å². The third-order valence-electron chi connectivity index (χ3n) is 0.162. The van der Waals surface area contributed by atoms with Gasteiger partial charge in [-0.25, -0.2) is 20.4 Å². The molecule has 0 rings (SSSR count). The average Bonchev–Trinajstić information content (AvgIpc) is 1.81. The van der Waals surface area contributed by atoms with E-state index in [4.69, 9.17) is 0 Å². The third kappa shape index (κ3) is 7.24. The molecule has 0 atom stereocenters. The van der Waals surface area contributed by atoms with Crippen LogP contribution in [0.5, 0.6) is 0 Å². The highest BCUT2D eigenvalue weighted by molar-refractivity contribution is 9.25. The molecule has 4 N–H and O–H groups in total. The van der Waals surface area contributed by atoms with Crippen molar-refractivity contribution in [3.05, 3.63) is 0 Å². The number of rotatable bonds is 5. The second-order valence-electron chi connectivity index (χ2n) is 0.465. The van der Waals surface area contributed by atoms with Crippen molar-refractivity contribution in [3.8, 4) is 0 Å². The van der Waals surface area contributed by atoms with E-state index in [9.17, 15) is 0 Å². The van der Waals surface area contributed by atoms with Crippen molar-refractivity contribution < 1.29 is 8.57 Å². The Hall–Kier alpha value is 1.24. The van der Waals surface area contributed by atoms with Gasteiger partial charge in [0, 0.05) is 19.7 Å². The van der Waals surface area contributed by atoms with E-state index < -0.39 is 0 Å². The van der Waals surface area contributed by atoms with Gasteiger partial charge in [-0.15, -0.1) is 0 Å². The van der Waals surface area contributed by atoms with E-state index >= 15 is 0 Å². The lowest BCUT2D eigenvalue weighted by atomic mass is 13.6. The van der Waals surface area contributed by atoms with Crippen LogP contribution in [-0.2, 0) is 8.57 Å². The normalized spacial score (nSPS) is 9.75. The van der Waals surface area contributed by atoms with E-state index in [0.29, 0.717) is 0 Å². The highest BCUT2D eigenvalue weighted by Crippen LogP contribution is 2.42. The number of hydrogen-bond acceptors (Lipinski definition) is 8. The molecular weight excluding hydrogens is 188 g/mol. The highest BCUT2D eigenvalue weighted by Gasteiger charge is 1.88. The Balaban J connectivity index is 2.53. The molecule has 0 aromatic carbocycles. The maximum Gasteiger partial charge on any atom is 0.0981 e. The SMILES string of the molecule is NOSSSSON. The standard InChI is InChI=1S/H4N2O2S4/c1-3-5-7-8-6-4-2/h1-2H2. The van der Waals surface area contributed by atoms with Gasteiger partial charge in [0.25, 0.3) is 0 Å². The second kappa shape index (κ2) is 8.24. The van der Waals surface area contributed by atoms with E-state index in [1.165, 1.54) is 19.7 Å². The lowest BCUT2D eigenvalue weighted by Gasteiger charge is -1.90. The summed E-state index contributed by atoms with van der Waals surface area (Å²) in [5.74, 6) is 9.32. The van der Waals surface area contributed by atoms with Crippen LogP contribution in [0.25, 0.3) is 0 Å². The average molecular weight is 192 g/mol. The molecule has 0 saturated carbocycles. The minimum atomic E-state index is 1.05. The molecule has 0 aromatic rings. The fourth-order valence-electron chi connectivity index (χ4n) is 0.0548. The maximum absolute atomic E-state index is 4.66. The minimum Gasteiger partial charge on any atom is -0.222 e. The molecule has 0 fully saturated rings. The first-order valence-electron chi connectivity index (χ1n) is 1.30. The summed E-state index contributed by atoms with van der Waals surface area (Å²) >= 11 is 2.10. The summed E-state index contributed by atoms with van der Waals surface area (Å²) in [5.41, 5.74) is 0. The molecule has 8 heteroatoms. The van der Waals surface area contributed by atoms with Crippen molar-refractivity contribution in [1.29, 1.82) is 0 Å². The van der Waals surface area contributed by atoms with Crippen LogP contribution in [-0.4, -0.2) is 0 Å². The fraction of sp³-hybridized carbons (Fsp3) is 0. The lowest BCUT2D eigenvalue weighted by Crippen LogP contribution is -1.84. The van der Waals surface area contributed by atoms with Gasteiger partial charge in [-0.2, -0.15) is 0 Å². The molecule has 50 valence electrons. The summed E-state index contributed by atoms with van der Waals surface area (Å²) in [6.45, 7) is 0. The molecule has 0 unspecified atom stereocenters. The zero-order chi connectivity index (χ0) is 6.24. The molecule has 0 saturated heterocycles. The second-order valence-corrected chi connectivity index (χ2v) is 5.48.